The Kier molecular flexibility index (Phi) is 9.81. The number of nitrogens with zero attached hydrogens (tertiary/aromatic N) is 1. The van der Waals surface area contributed by atoms with Crippen molar-refractivity contribution in [2.45, 2.75) is 85.0 Å². The third-order valence-corrected chi connectivity index (χ3v) is 4.48. The predicted octanol–water partition coefficient (Wildman–Crippen LogP) is 3.50. The molecule has 2 unspecified atom stereocenters. The first kappa shape index (κ1) is 26.3. The summed E-state index contributed by atoms with van der Waals surface area (Å²) in [6.45, 7) is 12.9. The number of benzene rings is 1. The minimum atomic E-state index is -0.909. The minimum Gasteiger partial charge on any atom is -0.508 e. The highest BCUT2D eigenvalue weighted by Crippen LogP contribution is 2.26. The number of phenols is 1. The number of nitrogens with one attached hydrogen (secondary N) is 2. The first-order valence-electron chi connectivity index (χ1n) is 10.8. The second-order valence-electron chi connectivity index (χ2n) is 8.85. The summed E-state index contributed by atoms with van der Waals surface area (Å²) >= 11 is 0. The van der Waals surface area contributed by atoms with Crippen LogP contribution >= 0.6 is 0 Å². The first-order chi connectivity index (χ1) is 14.4. The first-order valence-corrected chi connectivity index (χ1v) is 10.8. The average molecular weight is 436 g/mol. The van der Waals surface area contributed by atoms with Crippen molar-refractivity contribution in [3.05, 3.63) is 29.8 Å². The number of rotatable bonds is 9. The molecular weight excluding hydrogens is 398 g/mol. The summed E-state index contributed by atoms with van der Waals surface area (Å²) in [6, 6.07) is 4.06. The van der Waals surface area contributed by atoms with Crippen LogP contribution in [0, 0.1) is 0 Å². The van der Waals surface area contributed by atoms with Crippen molar-refractivity contribution in [1.82, 2.24) is 15.5 Å². The van der Waals surface area contributed by atoms with Crippen LogP contribution in [0.1, 0.15) is 72.9 Å². The fraction of sp³-hybridized carbons (Fsp3) is 0.609. The Hall–Kier alpha value is -2.77. The second kappa shape index (κ2) is 11.6. The Balaban J connectivity index is 3.19. The third kappa shape index (κ3) is 8.47. The van der Waals surface area contributed by atoms with Crippen LogP contribution in [0.4, 0.5) is 4.79 Å². The van der Waals surface area contributed by atoms with Crippen LogP contribution in [0.3, 0.4) is 0 Å². The summed E-state index contributed by atoms with van der Waals surface area (Å²) in [7, 11) is 0. The Morgan fingerprint density at radius 2 is 1.68 bits per heavy atom. The monoisotopic (exact) mass is 435 g/mol. The molecule has 0 bridgehead atoms. The number of amides is 3. The maximum Gasteiger partial charge on any atom is 0.408 e. The number of unbranched alkanes of at least 4 members (excludes halogenated alkanes) is 1. The lowest BCUT2D eigenvalue weighted by Gasteiger charge is -2.36. The summed E-state index contributed by atoms with van der Waals surface area (Å²) in [5.41, 5.74) is -0.128. The van der Waals surface area contributed by atoms with Crippen molar-refractivity contribution in [2.24, 2.45) is 0 Å². The SMILES string of the molecule is CCCCNC(=O)C(c1ccc(O)cc1)N(C(=O)C(C)NC(=O)OC(C)(C)C)C(C)C. The fourth-order valence-electron chi connectivity index (χ4n) is 3.03. The molecule has 0 aliphatic heterocycles. The lowest BCUT2D eigenvalue weighted by molar-refractivity contribution is -0.144. The van der Waals surface area contributed by atoms with Crippen LogP contribution < -0.4 is 10.6 Å². The van der Waals surface area contributed by atoms with Gasteiger partial charge in [0.15, 0.2) is 0 Å². The van der Waals surface area contributed by atoms with Crippen LogP contribution in [-0.2, 0) is 14.3 Å². The number of hydrogen-bond acceptors (Lipinski definition) is 5. The molecule has 0 radical (unpaired) electrons. The van der Waals surface area contributed by atoms with Crippen LogP contribution in [0.5, 0.6) is 5.75 Å². The molecule has 0 fully saturated rings. The van der Waals surface area contributed by atoms with Crippen LogP contribution in [0.25, 0.3) is 0 Å². The van der Waals surface area contributed by atoms with Gasteiger partial charge in [0.2, 0.25) is 11.8 Å². The average Bonchev–Trinajstić information content (AvgIpc) is 2.64. The normalized spacial score (nSPS) is 13.3. The van der Waals surface area contributed by atoms with Gasteiger partial charge < -0.3 is 25.4 Å². The van der Waals surface area contributed by atoms with Crippen LogP contribution in [0.15, 0.2) is 24.3 Å². The van der Waals surface area contributed by atoms with Crippen molar-refractivity contribution < 1.29 is 24.2 Å². The van der Waals surface area contributed by atoms with E-state index in [9.17, 15) is 19.5 Å². The van der Waals surface area contributed by atoms with Gasteiger partial charge in [-0.2, -0.15) is 0 Å². The maximum absolute atomic E-state index is 13.3. The van der Waals surface area contributed by atoms with Crippen molar-refractivity contribution >= 4 is 17.9 Å². The van der Waals surface area contributed by atoms with E-state index in [-0.39, 0.29) is 17.7 Å². The Morgan fingerprint density at radius 3 is 2.16 bits per heavy atom. The molecule has 0 aliphatic carbocycles. The van der Waals surface area contributed by atoms with Crippen molar-refractivity contribution in [2.75, 3.05) is 6.54 Å². The van der Waals surface area contributed by atoms with Crippen LogP contribution in [-0.4, -0.2) is 52.1 Å². The molecule has 3 N–H and O–H groups in total. The molecule has 0 aromatic heterocycles. The quantitative estimate of drug-likeness (QED) is 0.515. The number of hydrogen-bond donors (Lipinski definition) is 3. The number of phenolic OH excluding ortho intramolecular Hbond substituents is 1. The van der Waals surface area contributed by atoms with Gasteiger partial charge in [0.05, 0.1) is 0 Å². The fourth-order valence-corrected chi connectivity index (χ4v) is 3.03. The number of carbonyl (C=O) groups is 3. The zero-order valence-electron chi connectivity index (χ0n) is 19.7. The van der Waals surface area contributed by atoms with Gasteiger partial charge in [-0.3, -0.25) is 9.59 Å². The van der Waals surface area contributed by atoms with Gasteiger partial charge >= 0.3 is 6.09 Å². The molecule has 0 saturated carbocycles. The zero-order chi connectivity index (χ0) is 23.8. The van der Waals surface area contributed by atoms with Crippen LogP contribution in [0.2, 0.25) is 0 Å². The zero-order valence-corrected chi connectivity index (χ0v) is 19.7. The molecule has 1 rings (SSSR count). The van der Waals surface area contributed by atoms with E-state index < -0.39 is 29.7 Å². The van der Waals surface area contributed by atoms with Gasteiger partial charge in [-0.25, -0.2) is 4.79 Å². The molecule has 3 amide bonds. The topological polar surface area (TPSA) is 108 Å². The summed E-state index contributed by atoms with van der Waals surface area (Å²) < 4.78 is 5.24. The second-order valence-corrected chi connectivity index (χ2v) is 8.85. The number of aromatic hydroxyl groups is 1. The summed E-state index contributed by atoms with van der Waals surface area (Å²) in [5, 5.41) is 15.1. The van der Waals surface area contributed by atoms with E-state index >= 15 is 0 Å². The Labute approximate surface area is 185 Å². The maximum atomic E-state index is 13.3. The predicted molar refractivity (Wildman–Crippen MR) is 120 cm³/mol. The highest BCUT2D eigenvalue weighted by atomic mass is 16.6. The largest absolute Gasteiger partial charge is 0.508 e. The molecule has 0 aliphatic rings. The van der Waals surface area contributed by atoms with Gasteiger partial charge in [0, 0.05) is 12.6 Å². The standard InChI is InChI=1S/C23H37N3O5/c1-8-9-14-24-20(28)19(17-10-12-18(27)13-11-17)26(15(2)3)21(29)16(4)25-22(30)31-23(5,6)7/h10-13,15-16,19,27H,8-9,14H2,1-7H3,(H,24,28)(H,25,30). The van der Waals surface area contributed by atoms with E-state index in [2.05, 4.69) is 10.6 Å². The smallest absolute Gasteiger partial charge is 0.408 e. The molecule has 1 aromatic rings. The molecular formula is C23H37N3O5. The molecule has 8 heteroatoms. The van der Waals surface area contributed by atoms with Crippen molar-refractivity contribution in [3.8, 4) is 5.75 Å². The van der Waals surface area contributed by atoms with Gasteiger partial charge in [0.25, 0.3) is 0 Å². The Bertz CT molecular complexity index is 741. The van der Waals surface area contributed by atoms with E-state index in [1.165, 1.54) is 17.0 Å². The molecule has 0 spiro atoms. The van der Waals surface area contributed by atoms with Gasteiger partial charge in [-0.15, -0.1) is 0 Å². The Morgan fingerprint density at radius 1 is 1.10 bits per heavy atom. The molecule has 1 aromatic carbocycles. The number of ether oxygens (including phenoxy) is 1. The van der Waals surface area contributed by atoms with E-state index in [1.54, 1.807) is 39.8 Å². The molecule has 8 nitrogen and oxygen atoms in total. The summed E-state index contributed by atoms with van der Waals surface area (Å²) in [5.74, 6) is -0.661. The van der Waals surface area contributed by atoms with E-state index in [0.717, 1.165) is 12.8 Å². The highest BCUT2D eigenvalue weighted by molar-refractivity contribution is 5.92. The summed E-state index contributed by atoms with van der Waals surface area (Å²) in [4.78, 5) is 40.0. The minimum absolute atomic E-state index is 0.0660. The molecule has 2 atom stereocenters. The van der Waals surface area contributed by atoms with Crippen molar-refractivity contribution in [1.29, 1.82) is 0 Å². The van der Waals surface area contributed by atoms with E-state index in [1.807, 2.05) is 20.8 Å². The number of carbonyl (C=O) groups excluding carboxylic acids is 3. The molecule has 0 saturated heterocycles. The highest BCUT2D eigenvalue weighted by Gasteiger charge is 2.36. The van der Waals surface area contributed by atoms with Gasteiger partial charge in [-0.1, -0.05) is 25.5 Å². The molecule has 0 heterocycles. The lowest BCUT2D eigenvalue weighted by atomic mass is 10.0. The van der Waals surface area contributed by atoms with Crippen molar-refractivity contribution in [3.63, 3.8) is 0 Å². The van der Waals surface area contributed by atoms with Gasteiger partial charge in [-0.05, 0) is 65.7 Å². The van der Waals surface area contributed by atoms with E-state index in [4.69, 9.17) is 4.74 Å². The third-order valence-electron chi connectivity index (χ3n) is 4.48. The summed E-state index contributed by atoms with van der Waals surface area (Å²) in [6.07, 6.45) is 1.04. The van der Waals surface area contributed by atoms with Gasteiger partial charge in [0.1, 0.15) is 23.4 Å². The molecule has 174 valence electrons. The lowest BCUT2D eigenvalue weighted by Crippen LogP contribution is -2.54. The van der Waals surface area contributed by atoms with E-state index in [0.29, 0.717) is 12.1 Å². The number of alkyl carbamates (subject to hydrolysis) is 1. The molecule has 31 heavy (non-hydrogen) atoms.